The summed E-state index contributed by atoms with van der Waals surface area (Å²) in [4.78, 5) is 34.5. The number of carbonyl (C=O) groups excluding carboxylic acids is 2. The molecule has 26 heavy (non-hydrogen) atoms. The fourth-order valence-electron chi connectivity index (χ4n) is 3.19. The first-order valence-corrected chi connectivity index (χ1v) is 8.21. The number of nitro benzene ring substituents is 1. The van der Waals surface area contributed by atoms with Gasteiger partial charge in [-0.2, -0.15) is 0 Å². The van der Waals surface area contributed by atoms with Crippen molar-refractivity contribution < 1.29 is 19.2 Å². The highest BCUT2D eigenvalue weighted by Crippen LogP contribution is 2.24. The molecule has 0 aliphatic carbocycles. The van der Waals surface area contributed by atoms with Crippen LogP contribution in [0.25, 0.3) is 0 Å². The van der Waals surface area contributed by atoms with Gasteiger partial charge in [-0.05, 0) is 49.9 Å². The summed E-state index contributed by atoms with van der Waals surface area (Å²) in [6.07, 6.45) is -0.180. The van der Waals surface area contributed by atoms with Crippen molar-refractivity contribution in [1.29, 1.82) is 0 Å². The Balaban J connectivity index is 2.17. The Morgan fingerprint density at radius 1 is 1.12 bits per heavy atom. The third-order valence-corrected chi connectivity index (χ3v) is 4.38. The van der Waals surface area contributed by atoms with Crippen molar-refractivity contribution in [3.05, 3.63) is 73.8 Å². The van der Waals surface area contributed by atoms with Gasteiger partial charge in [0.1, 0.15) is 6.61 Å². The summed E-state index contributed by atoms with van der Waals surface area (Å²) in [5.41, 5.74) is 4.26. The Hall–Kier alpha value is -3.02. The zero-order chi connectivity index (χ0) is 19.4. The molecule has 6 nitrogen and oxygen atoms in total. The van der Waals surface area contributed by atoms with Crippen LogP contribution in [0.5, 0.6) is 0 Å². The number of para-hydroxylation sites is 1. The largest absolute Gasteiger partial charge is 0.461 e. The van der Waals surface area contributed by atoms with Crippen LogP contribution >= 0.6 is 0 Å². The molecule has 0 N–H and O–H groups in total. The highest BCUT2D eigenvalue weighted by molar-refractivity contribution is 5.97. The van der Waals surface area contributed by atoms with Gasteiger partial charge in [0, 0.05) is 17.2 Å². The molecule has 0 amide bonds. The standard InChI is InChI=1S/C20H21NO5/c1-12-9-13(2)20(15(4)22)14(3)17(12)11-26-19(23)10-16-7-5-6-8-18(16)21(24)25/h5-9H,10-11H2,1-4H3. The monoisotopic (exact) mass is 355 g/mol. The normalized spacial score (nSPS) is 10.5. The van der Waals surface area contributed by atoms with E-state index in [1.54, 1.807) is 12.1 Å². The lowest BCUT2D eigenvalue weighted by atomic mass is 9.92. The van der Waals surface area contributed by atoms with Crippen molar-refractivity contribution in [2.75, 3.05) is 0 Å². The second kappa shape index (κ2) is 7.91. The van der Waals surface area contributed by atoms with Crippen molar-refractivity contribution in [1.82, 2.24) is 0 Å². The van der Waals surface area contributed by atoms with Crippen LogP contribution in [-0.4, -0.2) is 16.7 Å². The molecule has 2 rings (SSSR count). The fourth-order valence-corrected chi connectivity index (χ4v) is 3.19. The first-order valence-electron chi connectivity index (χ1n) is 8.21. The van der Waals surface area contributed by atoms with E-state index in [1.165, 1.54) is 19.1 Å². The van der Waals surface area contributed by atoms with Crippen LogP contribution in [0.4, 0.5) is 5.69 Å². The maximum atomic E-state index is 12.2. The molecule has 0 aromatic heterocycles. The Labute approximate surface area is 151 Å². The molecule has 0 unspecified atom stereocenters. The topological polar surface area (TPSA) is 86.5 Å². The maximum absolute atomic E-state index is 12.2. The van der Waals surface area contributed by atoms with Crippen LogP contribution in [0.15, 0.2) is 30.3 Å². The van der Waals surface area contributed by atoms with E-state index in [0.29, 0.717) is 11.1 Å². The van der Waals surface area contributed by atoms with E-state index in [4.69, 9.17) is 4.74 Å². The van der Waals surface area contributed by atoms with Crippen molar-refractivity contribution in [2.24, 2.45) is 0 Å². The highest BCUT2D eigenvalue weighted by Gasteiger charge is 2.18. The molecule has 2 aromatic rings. The van der Waals surface area contributed by atoms with Crippen LogP contribution in [-0.2, 0) is 22.6 Å². The number of nitro groups is 1. The predicted molar refractivity (Wildman–Crippen MR) is 97.3 cm³/mol. The van der Waals surface area contributed by atoms with Gasteiger partial charge >= 0.3 is 5.97 Å². The molecule has 2 aromatic carbocycles. The third kappa shape index (κ3) is 4.14. The summed E-state index contributed by atoms with van der Waals surface area (Å²) < 4.78 is 5.33. The number of rotatable bonds is 6. The maximum Gasteiger partial charge on any atom is 0.310 e. The van der Waals surface area contributed by atoms with Gasteiger partial charge in [0.15, 0.2) is 5.78 Å². The molecule has 136 valence electrons. The quantitative estimate of drug-likeness (QED) is 0.338. The average molecular weight is 355 g/mol. The van der Waals surface area contributed by atoms with Crippen LogP contribution in [0, 0.1) is 30.9 Å². The summed E-state index contributed by atoms with van der Waals surface area (Å²) in [5, 5.41) is 11.0. The van der Waals surface area contributed by atoms with E-state index >= 15 is 0 Å². The molecule has 0 aliphatic heterocycles. The Morgan fingerprint density at radius 3 is 2.38 bits per heavy atom. The molecular weight excluding hydrogens is 334 g/mol. The number of carbonyl (C=O) groups is 2. The Morgan fingerprint density at radius 2 is 1.77 bits per heavy atom. The molecule has 0 saturated carbocycles. The molecule has 0 atom stereocenters. The van der Waals surface area contributed by atoms with Crippen LogP contribution in [0.2, 0.25) is 0 Å². The number of aryl methyl sites for hydroxylation is 2. The fraction of sp³-hybridized carbons (Fsp3) is 0.300. The zero-order valence-corrected chi connectivity index (χ0v) is 15.3. The molecule has 0 radical (unpaired) electrons. The summed E-state index contributed by atoms with van der Waals surface area (Å²) in [6, 6.07) is 7.99. The number of benzene rings is 2. The second-order valence-corrected chi connectivity index (χ2v) is 6.27. The van der Waals surface area contributed by atoms with Gasteiger partial charge in [0.2, 0.25) is 0 Å². The van der Waals surface area contributed by atoms with Crippen molar-refractivity contribution in [3.8, 4) is 0 Å². The van der Waals surface area contributed by atoms with Gasteiger partial charge in [0.05, 0.1) is 11.3 Å². The van der Waals surface area contributed by atoms with Gasteiger partial charge in [-0.25, -0.2) is 0 Å². The number of hydrogen-bond donors (Lipinski definition) is 0. The van der Waals surface area contributed by atoms with E-state index in [9.17, 15) is 19.7 Å². The van der Waals surface area contributed by atoms with Crippen molar-refractivity contribution >= 4 is 17.4 Å². The SMILES string of the molecule is CC(=O)c1c(C)cc(C)c(COC(=O)Cc2ccccc2[N+](=O)[O-])c1C. The zero-order valence-electron chi connectivity index (χ0n) is 15.3. The molecule has 0 heterocycles. The highest BCUT2D eigenvalue weighted by atomic mass is 16.6. The summed E-state index contributed by atoms with van der Waals surface area (Å²) in [7, 11) is 0. The van der Waals surface area contributed by atoms with Gasteiger partial charge < -0.3 is 4.74 Å². The summed E-state index contributed by atoms with van der Waals surface area (Å²) in [5.74, 6) is -0.587. The van der Waals surface area contributed by atoms with Crippen LogP contribution in [0.3, 0.4) is 0 Å². The third-order valence-electron chi connectivity index (χ3n) is 4.38. The summed E-state index contributed by atoms with van der Waals surface area (Å²) in [6.45, 7) is 7.14. The molecule has 0 aliphatic rings. The van der Waals surface area contributed by atoms with E-state index in [-0.39, 0.29) is 24.5 Å². The van der Waals surface area contributed by atoms with Gasteiger partial charge in [-0.1, -0.05) is 24.3 Å². The summed E-state index contributed by atoms with van der Waals surface area (Å²) >= 11 is 0. The Kier molecular flexibility index (Phi) is 5.87. The minimum atomic E-state index is -0.553. The van der Waals surface area contributed by atoms with E-state index in [1.807, 2.05) is 26.8 Å². The minimum Gasteiger partial charge on any atom is -0.461 e. The molecule has 0 bridgehead atoms. The molecule has 0 spiro atoms. The number of Topliss-reactive ketones (excluding diaryl/α,β-unsaturated/α-hetero) is 1. The smallest absolute Gasteiger partial charge is 0.310 e. The number of esters is 1. The number of nitrogens with zero attached hydrogens (tertiary/aromatic N) is 1. The lowest BCUT2D eigenvalue weighted by Gasteiger charge is -2.16. The van der Waals surface area contributed by atoms with Gasteiger partial charge in [-0.15, -0.1) is 0 Å². The van der Waals surface area contributed by atoms with E-state index < -0.39 is 10.9 Å². The van der Waals surface area contributed by atoms with Crippen LogP contribution < -0.4 is 0 Å². The average Bonchev–Trinajstić information content (AvgIpc) is 2.54. The van der Waals surface area contributed by atoms with Crippen LogP contribution in [0.1, 0.15) is 45.1 Å². The number of hydrogen-bond acceptors (Lipinski definition) is 5. The van der Waals surface area contributed by atoms with Gasteiger partial charge in [-0.3, -0.25) is 19.7 Å². The predicted octanol–water partition coefficient (Wildman–Crippen LogP) is 4.01. The number of ether oxygens (including phenoxy) is 1. The molecular formula is C20H21NO5. The van der Waals surface area contributed by atoms with Crippen molar-refractivity contribution in [3.63, 3.8) is 0 Å². The first kappa shape index (κ1) is 19.3. The molecule has 6 heteroatoms. The van der Waals surface area contributed by atoms with Gasteiger partial charge in [0.25, 0.3) is 5.69 Å². The van der Waals surface area contributed by atoms with E-state index in [2.05, 4.69) is 0 Å². The minimum absolute atomic E-state index is 0.0255. The lowest BCUT2D eigenvalue weighted by molar-refractivity contribution is -0.385. The first-order chi connectivity index (χ1) is 12.2. The molecule has 0 fully saturated rings. The Bertz CT molecular complexity index is 886. The lowest BCUT2D eigenvalue weighted by Crippen LogP contribution is -2.12. The van der Waals surface area contributed by atoms with E-state index in [0.717, 1.165) is 22.3 Å². The second-order valence-electron chi connectivity index (χ2n) is 6.27. The molecule has 0 saturated heterocycles. The number of ketones is 1. The van der Waals surface area contributed by atoms with Crippen molar-refractivity contribution in [2.45, 2.75) is 40.7 Å².